The number of nitrogens with one attached hydrogen (secondary N) is 1. The van der Waals surface area contributed by atoms with E-state index in [1.54, 1.807) is 28.8 Å². The quantitative estimate of drug-likeness (QED) is 0.167. The van der Waals surface area contributed by atoms with Crippen molar-refractivity contribution in [3.05, 3.63) is 53.1 Å². The number of esters is 1. The summed E-state index contributed by atoms with van der Waals surface area (Å²) in [5.74, 6) is 1.11. The number of carbonyl (C=O) groups excluding carboxylic acids is 1. The van der Waals surface area contributed by atoms with E-state index in [2.05, 4.69) is 31.3 Å². The topological polar surface area (TPSA) is 173 Å². The Hall–Kier alpha value is -3.96. The van der Waals surface area contributed by atoms with Crippen molar-refractivity contribution >= 4 is 36.6 Å². The highest BCUT2D eigenvalue weighted by molar-refractivity contribution is 7.70. The van der Waals surface area contributed by atoms with Crippen molar-refractivity contribution < 1.29 is 27.9 Å². The van der Waals surface area contributed by atoms with Gasteiger partial charge in [-0.2, -0.15) is 4.98 Å². The van der Waals surface area contributed by atoms with E-state index < -0.39 is 25.2 Å². The van der Waals surface area contributed by atoms with Crippen molar-refractivity contribution in [1.29, 1.82) is 0 Å². The van der Waals surface area contributed by atoms with Crippen molar-refractivity contribution in [2.75, 3.05) is 26.6 Å². The Kier molecular flexibility index (Phi) is 7.98. The Labute approximate surface area is 218 Å². The Morgan fingerprint density at radius 3 is 2.71 bits per heavy atom. The highest BCUT2D eigenvalue weighted by Gasteiger charge is 2.34. The highest BCUT2D eigenvalue weighted by Crippen LogP contribution is 2.49. The molecule has 38 heavy (non-hydrogen) atoms. The van der Waals surface area contributed by atoms with Crippen molar-refractivity contribution in [1.82, 2.24) is 19.5 Å². The van der Waals surface area contributed by atoms with Gasteiger partial charge in [0, 0.05) is 5.92 Å². The first-order valence-corrected chi connectivity index (χ1v) is 13.4. The van der Waals surface area contributed by atoms with Crippen LogP contribution in [0.2, 0.25) is 0 Å². The van der Waals surface area contributed by atoms with Crippen molar-refractivity contribution in [2.45, 2.75) is 31.8 Å². The summed E-state index contributed by atoms with van der Waals surface area (Å²) in [6.45, 7) is 5.75. The number of hydrogen-bond donors (Lipinski definition) is 2. The van der Waals surface area contributed by atoms with Gasteiger partial charge in [0.2, 0.25) is 5.95 Å². The van der Waals surface area contributed by atoms with Gasteiger partial charge in [-0.15, -0.1) is 0 Å². The van der Waals surface area contributed by atoms with Crippen LogP contribution in [0.15, 0.2) is 52.5 Å². The van der Waals surface area contributed by atoms with Gasteiger partial charge in [-0.3, -0.25) is 19.3 Å². The molecule has 1 aliphatic carbocycles. The number of fused-ring (bicyclic) bond motifs is 1. The van der Waals surface area contributed by atoms with Gasteiger partial charge in [0.15, 0.2) is 11.2 Å². The van der Waals surface area contributed by atoms with E-state index in [0.29, 0.717) is 24.2 Å². The maximum atomic E-state index is 13.7. The SMILES string of the molecule is C=C1[C@H](COP(=O)(/C=N/[C@@H](C)C(=O)OC)Oc2ccc(OC)cc2)CC[C@@H]1n1cnc2c(=O)[nH]c(N)nc21. The average Bonchev–Trinajstić information content (AvgIpc) is 3.49. The van der Waals surface area contributed by atoms with Crippen LogP contribution in [0.5, 0.6) is 11.5 Å². The first-order valence-electron chi connectivity index (χ1n) is 11.7. The summed E-state index contributed by atoms with van der Waals surface area (Å²) in [6, 6.07) is 5.36. The Bertz CT molecular complexity index is 1470. The van der Waals surface area contributed by atoms with Crippen LogP contribution >= 0.6 is 7.60 Å². The number of nitrogens with two attached hydrogens (primary N) is 1. The Balaban J connectivity index is 1.52. The van der Waals surface area contributed by atoms with Crippen LogP contribution in [-0.2, 0) is 18.6 Å². The monoisotopic (exact) mass is 544 g/mol. The normalized spacial score (nSPS) is 19.9. The van der Waals surface area contributed by atoms with E-state index in [-0.39, 0.29) is 35.8 Å². The fourth-order valence-electron chi connectivity index (χ4n) is 4.15. The van der Waals surface area contributed by atoms with E-state index >= 15 is 0 Å². The summed E-state index contributed by atoms with van der Waals surface area (Å²) in [4.78, 5) is 38.8. The molecule has 0 saturated heterocycles. The minimum absolute atomic E-state index is 0.00941. The van der Waals surface area contributed by atoms with Crippen LogP contribution in [-0.4, -0.2) is 58.3 Å². The van der Waals surface area contributed by atoms with Crippen LogP contribution in [0.1, 0.15) is 25.8 Å². The second-order valence-electron chi connectivity index (χ2n) is 8.71. The Morgan fingerprint density at radius 2 is 2.03 bits per heavy atom. The van der Waals surface area contributed by atoms with Gasteiger partial charge in [-0.25, -0.2) is 14.3 Å². The van der Waals surface area contributed by atoms with E-state index in [1.165, 1.54) is 27.5 Å². The number of anilines is 1. The van der Waals surface area contributed by atoms with Gasteiger partial charge in [0.05, 0.1) is 33.2 Å². The maximum absolute atomic E-state index is 13.7. The highest BCUT2D eigenvalue weighted by atomic mass is 31.2. The zero-order valence-corrected chi connectivity index (χ0v) is 22.1. The van der Waals surface area contributed by atoms with Crippen molar-refractivity contribution in [3.63, 3.8) is 0 Å². The second kappa shape index (κ2) is 11.2. The second-order valence-corrected chi connectivity index (χ2v) is 10.5. The van der Waals surface area contributed by atoms with Gasteiger partial charge < -0.3 is 24.3 Å². The fourth-order valence-corrected chi connectivity index (χ4v) is 5.49. The van der Waals surface area contributed by atoms with Crippen molar-refractivity contribution in [3.8, 4) is 11.5 Å². The predicted octanol–water partition coefficient (Wildman–Crippen LogP) is 3.10. The van der Waals surface area contributed by atoms with Gasteiger partial charge in [-0.05, 0) is 49.6 Å². The number of ether oxygens (including phenoxy) is 2. The fraction of sp³-hybridized carbons (Fsp3) is 0.375. The van der Waals surface area contributed by atoms with Gasteiger partial charge in [-0.1, -0.05) is 6.58 Å². The molecule has 2 heterocycles. The smallest absolute Gasteiger partial charge is 0.421 e. The number of H-pyrrole nitrogens is 1. The van der Waals surface area contributed by atoms with Crippen LogP contribution in [0.3, 0.4) is 0 Å². The molecule has 13 nitrogen and oxygen atoms in total. The number of nitrogens with zero attached hydrogens (tertiary/aromatic N) is 4. The number of carbonyl (C=O) groups is 1. The lowest BCUT2D eigenvalue weighted by Gasteiger charge is -2.20. The van der Waals surface area contributed by atoms with E-state index in [4.69, 9.17) is 19.5 Å². The number of nitrogen functional groups attached to an aromatic ring is 1. The molecular weight excluding hydrogens is 515 g/mol. The summed E-state index contributed by atoms with van der Waals surface area (Å²) in [6.07, 6.45) is 2.87. The van der Waals surface area contributed by atoms with E-state index in [1.807, 2.05) is 0 Å². The molecule has 0 bridgehead atoms. The molecule has 14 heteroatoms. The van der Waals surface area contributed by atoms with Crippen LogP contribution in [0.25, 0.3) is 11.2 Å². The molecule has 1 saturated carbocycles. The third-order valence-electron chi connectivity index (χ3n) is 6.25. The number of aromatic nitrogens is 4. The zero-order valence-electron chi connectivity index (χ0n) is 21.2. The molecule has 0 spiro atoms. The van der Waals surface area contributed by atoms with E-state index in [9.17, 15) is 14.2 Å². The summed E-state index contributed by atoms with van der Waals surface area (Å²) in [5.41, 5.74) is 6.63. The number of methoxy groups -OCH3 is 2. The number of aromatic amines is 1. The average molecular weight is 545 g/mol. The molecule has 3 N–H and O–H groups in total. The summed E-state index contributed by atoms with van der Waals surface area (Å²) < 4.78 is 36.8. The largest absolute Gasteiger partial charge is 0.497 e. The number of rotatable bonds is 10. The first kappa shape index (κ1) is 27.1. The molecule has 0 radical (unpaired) electrons. The minimum atomic E-state index is -3.95. The van der Waals surface area contributed by atoms with E-state index in [0.717, 1.165) is 11.5 Å². The third-order valence-corrected chi connectivity index (χ3v) is 7.64. The molecule has 4 rings (SSSR count). The number of benzene rings is 1. The molecule has 1 fully saturated rings. The molecule has 202 valence electrons. The molecular formula is C24H29N6O7P. The predicted molar refractivity (Wildman–Crippen MR) is 141 cm³/mol. The number of aliphatic imine (C=N–C) groups is 1. The van der Waals surface area contributed by atoms with Crippen LogP contribution in [0.4, 0.5) is 5.95 Å². The molecule has 1 unspecified atom stereocenters. The lowest BCUT2D eigenvalue weighted by Crippen LogP contribution is -2.17. The summed E-state index contributed by atoms with van der Waals surface area (Å²) in [7, 11) is -1.18. The van der Waals surface area contributed by atoms with Gasteiger partial charge in [0.1, 0.15) is 23.5 Å². The zero-order chi connectivity index (χ0) is 27.4. The number of imidazole rings is 1. The van der Waals surface area contributed by atoms with Crippen LogP contribution < -0.4 is 20.6 Å². The molecule has 1 aromatic carbocycles. The molecule has 0 amide bonds. The number of hydrogen-bond acceptors (Lipinski definition) is 11. The Morgan fingerprint density at radius 1 is 1.32 bits per heavy atom. The maximum Gasteiger partial charge on any atom is 0.421 e. The third kappa shape index (κ3) is 5.79. The van der Waals surface area contributed by atoms with Crippen LogP contribution in [0, 0.1) is 5.92 Å². The van der Waals surface area contributed by atoms with Gasteiger partial charge in [0.25, 0.3) is 5.56 Å². The first-order chi connectivity index (χ1) is 18.1. The van der Waals surface area contributed by atoms with Crippen molar-refractivity contribution in [2.24, 2.45) is 10.9 Å². The molecule has 2 aromatic heterocycles. The lowest BCUT2D eigenvalue weighted by atomic mass is 10.0. The standard InChI is InChI=1S/C24H29N6O7P/c1-14-16(5-10-19(14)30-12-26-20-21(30)28-24(25)29-22(20)31)11-36-38(33,13-27-15(2)23(32)35-4)37-18-8-6-17(34-3)7-9-18/h6-9,12-13,15-16,19H,1,5,10-11H2,2-4H3,(H3,25,28,29,31)/b27-13+/t15-,16-,19-,38?/m0/s1. The van der Waals surface area contributed by atoms with Gasteiger partial charge >= 0.3 is 13.6 Å². The molecule has 3 aromatic rings. The molecule has 0 aliphatic heterocycles. The molecule has 1 aliphatic rings. The summed E-state index contributed by atoms with van der Waals surface area (Å²) >= 11 is 0. The lowest BCUT2D eigenvalue weighted by molar-refractivity contribution is -0.141. The minimum Gasteiger partial charge on any atom is -0.497 e. The molecule has 4 atom stereocenters. The summed E-state index contributed by atoms with van der Waals surface area (Å²) in [5, 5.41) is 0.